The maximum absolute atomic E-state index is 12.2. The second-order valence-electron chi connectivity index (χ2n) is 2.40. The molecule has 11 heavy (non-hydrogen) atoms. The summed E-state index contributed by atoms with van der Waals surface area (Å²) in [5.74, 6) is 0. The fraction of sp³-hybridized carbons (Fsp3) is 0.250. The quantitative estimate of drug-likeness (QED) is 0.717. The van der Waals surface area contributed by atoms with Gasteiger partial charge in [-0.25, -0.2) is 0 Å². The zero-order valence-electron chi connectivity index (χ0n) is 6.35. The summed E-state index contributed by atoms with van der Waals surface area (Å²) in [6.45, 7) is 2.02. The molecule has 0 saturated carbocycles. The van der Waals surface area contributed by atoms with E-state index in [9.17, 15) is 5.02 Å². The van der Waals surface area contributed by atoms with E-state index in [2.05, 4.69) is 0 Å². The summed E-state index contributed by atoms with van der Waals surface area (Å²) in [5.41, 5.74) is 1.13. The number of aryl methyl sites for hydroxylation is 1. The van der Waals surface area contributed by atoms with Gasteiger partial charge >= 0.3 is 75.3 Å². The van der Waals surface area contributed by atoms with E-state index in [-0.39, 0.29) is 0 Å². The Morgan fingerprint density at radius 1 is 1.18 bits per heavy atom. The minimum absolute atomic E-state index is 0.321. The molecule has 0 aliphatic rings. The molecule has 0 bridgehead atoms. The number of halogens is 2. The van der Waals surface area contributed by atoms with Crippen molar-refractivity contribution in [2.24, 2.45) is 0 Å². The van der Waals surface area contributed by atoms with Crippen LogP contribution in [0.1, 0.15) is 12.5 Å². The van der Waals surface area contributed by atoms with Crippen molar-refractivity contribution < 1.29 is 5.02 Å². The van der Waals surface area contributed by atoms with Crippen LogP contribution in [0.2, 0.25) is 0 Å². The van der Waals surface area contributed by atoms with E-state index in [0.29, 0.717) is 3.12 Å². The Bertz CT molecular complexity index is 218. The molecule has 0 unspecified atom stereocenters. The van der Waals surface area contributed by atoms with Gasteiger partial charge in [0.25, 0.3) is 0 Å². The van der Waals surface area contributed by atoms with Crippen molar-refractivity contribution in [3.05, 3.63) is 29.8 Å². The molecule has 0 saturated heterocycles. The van der Waals surface area contributed by atoms with Crippen LogP contribution in [0.25, 0.3) is 0 Å². The fourth-order valence-corrected chi connectivity index (χ4v) is 2.78. The molecular formula is C8H9F2Tl. The summed E-state index contributed by atoms with van der Waals surface area (Å²) in [6.07, 6.45) is 0.917. The standard InChI is InChI=1S/C8H9.2FH.Tl/c1-2-8-6-4-3-5-7-8;;;/h4-7H,2H2,1H3;2*1H;/q;;;+2/p-2. The van der Waals surface area contributed by atoms with Crippen LogP contribution in [0.4, 0.5) is 5.02 Å². The number of rotatable bonds is 2. The SMILES string of the molecule is CCc1cc[c]([Tl]([F])[F])cc1. The van der Waals surface area contributed by atoms with Crippen LogP contribution in [0.15, 0.2) is 24.3 Å². The van der Waals surface area contributed by atoms with Crippen LogP contribution in [0.5, 0.6) is 0 Å². The number of hydrogen-bond donors (Lipinski definition) is 0. The number of hydrogen-bond acceptors (Lipinski definition) is 0. The molecule has 0 radical (unpaired) electrons. The van der Waals surface area contributed by atoms with E-state index < -0.39 is 24.0 Å². The Morgan fingerprint density at radius 3 is 2.09 bits per heavy atom. The topological polar surface area (TPSA) is 0 Å². The molecule has 3 heteroatoms. The van der Waals surface area contributed by atoms with E-state index in [1.165, 1.54) is 0 Å². The van der Waals surface area contributed by atoms with Crippen LogP contribution < -0.4 is 3.12 Å². The van der Waals surface area contributed by atoms with Gasteiger partial charge in [-0.05, 0) is 0 Å². The normalized spacial score (nSPS) is 9.73. The first-order chi connectivity index (χ1) is 5.24. The summed E-state index contributed by atoms with van der Waals surface area (Å²) < 4.78 is 24.8. The van der Waals surface area contributed by atoms with Gasteiger partial charge in [0.05, 0.1) is 0 Å². The van der Waals surface area contributed by atoms with Crippen molar-refractivity contribution in [1.29, 1.82) is 0 Å². The zero-order chi connectivity index (χ0) is 8.27. The van der Waals surface area contributed by atoms with E-state index in [1.54, 1.807) is 24.3 Å². The Kier molecular flexibility index (Phi) is 3.42. The zero-order valence-corrected chi connectivity index (χ0v) is 10.8. The average Bonchev–Trinajstić information content (AvgIpc) is 2.05. The van der Waals surface area contributed by atoms with Gasteiger partial charge in [0.2, 0.25) is 0 Å². The Hall–Kier alpha value is 0.00208. The van der Waals surface area contributed by atoms with Gasteiger partial charge in [0.15, 0.2) is 0 Å². The van der Waals surface area contributed by atoms with Crippen LogP contribution in [-0.2, 0) is 6.42 Å². The molecule has 0 aliphatic heterocycles. The summed E-state index contributed by atoms with van der Waals surface area (Å²) in [7, 11) is 0. The third kappa shape index (κ3) is 2.50. The van der Waals surface area contributed by atoms with Crippen molar-refractivity contribution in [3.63, 3.8) is 0 Å². The van der Waals surface area contributed by atoms with E-state index in [1.807, 2.05) is 6.92 Å². The average molecular weight is 348 g/mol. The molecule has 0 aliphatic carbocycles. The van der Waals surface area contributed by atoms with E-state index in [4.69, 9.17) is 0 Å². The van der Waals surface area contributed by atoms with Crippen LogP contribution in [0.3, 0.4) is 0 Å². The molecule has 0 nitrogen and oxygen atoms in total. The molecule has 1 aromatic carbocycles. The molecule has 0 spiro atoms. The number of benzene rings is 1. The van der Waals surface area contributed by atoms with Gasteiger partial charge in [0.1, 0.15) is 0 Å². The molecule has 0 N–H and O–H groups in total. The van der Waals surface area contributed by atoms with Crippen molar-refractivity contribution in [2.45, 2.75) is 13.3 Å². The molecule has 1 aromatic rings. The van der Waals surface area contributed by atoms with Gasteiger partial charge in [-0.1, -0.05) is 0 Å². The second-order valence-corrected chi connectivity index (χ2v) is 7.33. The summed E-state index contributed by atoms with van der Waals surface area (Å²) in [6, 6.07) is 6.74. The molecular weight excluding hydrogens is 338 g/mol. The van der Waals surface area contributed by atoms with Crippen molar-refractivity contribution in [3.8, 4) is 0 Å². The van der Waals surface area contributed by atoms with Gasteiger partial charge in [-0.3, -0.25) is 0 Å². The molecule has 0 amide bonds. The fourth-order valence-electron chi connectivity index (χ4n) is 0.899. The van der Waals surface area contributed by atoms with Crippen LogP contribution >= 0.6 is 0 Å². The molecule has 0 atom stereocenters. The predicted molar refractivity (Wildman–Crippen MR) is 43.4 cm³/mol. The van der Waals surface area contributed by atoms with Crippen molar-refractivity contribution in [1.82, 2.24) is 0 Å². The molecule has 1 rings (SSSR count). The maximum atomic E-state index is 12.2. The van der Waals surface area contributed by atoms with Crippen molar-refractivity contribution in [2.75, 3.05) is 0 Å². The first-order valence-corrected chi connectivity index (χ1v) is 9.24. The van der Waals surface area contributed by atoms with E-state index >= 15 is 0 Å². The third-order valence-corrected chi connectivity index (χ3v) is 5.10. The second kappa shape index (κ2) is 4.13. The minimum atomic E-state index is -4.29. The summed E-state index contributed by atoms with van der Waals surface area (Å²) >= 11 is -4.29. The van der Waals surface area contributed by atoms with E-state index in [0.717, 1.165) is 12.0 Å². The summed E-state index contributed by atoms with van der Waals surface area (Å²) in [5, 5.41) is 0. The Morgan fingerprint density at radius 2 is 1.73 bits per heavy atom. The van der Waals surface area contributed by atoms with Crippen molar-refractivity contribution >= 4 is 27.1 Å². The monoisotopic (exact) mass is 348 g/mol. The Labute approximate surface area is 75.2 Å². The van der Waals surface area contributed by atoms with Gasteiger partial charge < -0.3 is 0 Å². The molecule has 0 aromatic heterocycles. The summed E-state index contributed by atoms with van der Waals surface area (Å²) in [4.78, 5) is 0. The first kappa shape index (κ1) is 9.09. The van der Waals surface area contributed by atoms with Gasteiger partial charge in [-0.2, -0.15) is 0 Å². The third-order valence-electron chi connectivity index (χ3n) is 1.64. The van der Waals surface area contributed by atoms with Gasteiger partial charge in [0, 0.05) is 0 Å². The van der Waals surface area contributed by atoms with Crippen LogP contribution in [0, 0.1) is 0 Å². The molecule has 58 valence electrons. The molecule has 0 heterocycles. The van der Waals surface area contributed by atoms with Gasteiger partial charge in [-0.15, -0.1) is 0 Å². The molecule has 0 fully saturated rings. The predicted octanol–water partition coefficient (Wildman–Crippen LogP) is 1.88. The first-order valence-electron chi connectivity index (χ1n) is 3.61. The Balaban J connectivity index is 2.83. The van der Waals surface area contributed by atoms with Crippen LogP contribution in [-0.4, -0.2) is 24.0 Å².